The molecule has 4 rings (SSSR count). The van der Waals surface area contributed by atoms with E-state index in [9.17, 15) is 9.18 Å². The molecule has 1 aromatic heterocycles. The molecule has 0 aliphatic rings. The highest BCUT2D eigenvalue weighted by Gasteiger charge is 2.15. The van der Waals surface area contributed by atoms with Crippen molar-refractivity contribution in [2.45, 2.75) is 12.8 Å². The van der Waals surface area contributed by atoms with Crippen LogP contribution in [0.1, 0.15) is 17.5 Å². The van der Waals surface area contributed by atoms with Gasteiger partial charge >= 0.3 is 0 Å². The van der Waals surface area contributed by atoms with Crippen LogP contribution in [0.3, 0.4) is 0 Å². The molecule has 0 saturated carbocycles. The minimum Gasteiger partial charge on any atom is -0.404 e. The lowest BCUT2D eigenvalue weighted by Gasteiger charge is -2.14. The van der Waals surface area contributed by atoms with Crippen molar-refractivity contribution in [2.24, 2.45) is 11.5 Å². The molecule has 0 bridgehead atoms. The van der Waals surface area contributed by atoms with Gasteiger partial charge in [-0.05, 0) is 76.5 Å². The van der Waals surface area contributed by atoms with Crippen molar-refractivity contribution < 1.29 is 4.39 Å². The number of aryl methyl sites for hydroxylation is 1. The topological polar surface area (TPSA) is 109 Å². The summed E-state index contributed by atoms with van der Waals surface area (Å²) in [6.45, 7) is 0.561. The van der Waals surface area contributed by atoms with E-state index in [4.69, 9.17) is 16.9 Å². The molecule has 0 saturated heterocycles. The summed E-state index contributed by atoms with van der Waals surface area (Å²) in [6, 6.07) is 14.0. The van der Waals surface area contributed by atoms with Crippen LogP contribution in [0.2, 0.25) is 0 Å². The third kappa shape index (κ3) is 3.73. The zero-order chi connectivity index (χ0) is 22.0. The van der Waals surface area contributed by atoms with Gasteiger partial charge in [0.25, 0.3) is 5.56 Å². The fourth-order valence-electron chi connectivity index (χ4n) is 4.02. The summed E-state index contributed by atoms with van der Waals surface area (Å²) in [7, 11) is 0. The Balaban J connectivity index is 2.12. The number of fused-ring (bicyclic) bond motifs is 3. The molecule has 156 valence electrons. The number of hydrogen-bond acceptors (Lipinski definition) is 4. The van der Waals surface area contributed by atoms with Crippen LogP contribution in [0.5, 0.6) is 0 Å². The van der Waals surface area contributed by atoms with Crippen molar-refractivity contribution in [1.29, 1.82) is 5.41 Å². The quantitative estimate of drug-likeness (QED) is 0.278. The Hall–Kier alpha value is -3.77. The minimum atomic E-state index is -0.316. The summed E-state index contributed by atoms with van der Waals surface area (Å²) in [4.78, 5) is 15.8. The molecule has 6 N–H and O–H groups in total. The highest BCUT2D eigenvalue weighted by Crippen LogP contribution is 2.34. The van der Waals surface area contributed by atoms with Crippen LogP contribution in [0.4, 0.5) is 4.39 Å². The van der Waals surface area contributed by atoms with E-state index in [0.29, 0.717) is 17.5 Å². The summed E-state index contributed by atoms with van der Waals surface area (Å²) in [6.07, 6.45) is 5.82. The summed E-state index contributed by atoms with van der Waals surface area (Å²) in [5.74, 6) is -0.316. The van der Waals surface area contributed by atoms with Gasteiger partial charge in [-0.2, -0.15) is 0 Å². The minimum absolute atomic E-state index is 0.207. The molecule has 0 amide bonds. The van der Waals surface area contributed by atoms with E-state index in [1.54, 1.807) is 18.3 Å². The molecule has 0 fully saturated rings. The molecule has 6 heteroatoms. The van der Waals surface area contributed by atoms with Crippen LogP contribution in [0, 0.1) is 11.2 Å². The Morgan fingerprint density at radius 2 is 1.84 bits per heavy atom. The number of pyridine rings is 1. The lowest BCUT2D eigenvalue weighted by Crippen LogP contribution is -2.08. The van der Waals surface area contributed by atoms with Gasteiger partial charge < -0.3 is 21.9 Å². The normalized spacial score (nSPS) is 11.9. The Labute approximate surface area is 178 Å². The number of aromatic amines is 1. The Bertz CT molecular complexity index is 1370. The van der Waals surface area contributed by atoms with Gasteiger partial charge in [0.15, 0.2) is 0 Å². The molecule has 4 aromatic rings. The van der Waals surface area contributed by atoms with Crippen LogP contribution in [-0.4, -0.2) is 17.7 Å². The molecule has 3 aromatic carbocycles. The summed E-state index contributed by atoms with van der Waals surface area (Å²) in [5, 5.41) is 10.7. The molecule has 0 unspecified atom stereocenters. The van der Waals surface area contributed by atoms with E-state index in [0.717, 1.165) is 51.3 Å². The van der Waals surface area contributed by atoms with Gasteiger partial charge in [-0.15, -0.1) is 0 Å². The molecule has 0 radical (unpaired) electrons. The summed E-state index contributed by atoms with van der Waals surface area (Å²) < 4.78 is 13.5. The van der Waals surface area contributed by atoms with E-state index in [2.05, 4.69) is 4.98 Å². The van der Waals surface area contributed by atoms with Gasteiger partial charge in [-0.3, -0.25) is 4.79 Å². The van der Waals surface area contributed by atoms with Crippen LogP contribution in [-0.2, 0) is 6.42 Å². The fraction of sp³-hybridized carbons (Fsp3) is 0.120. The van der Waals surface area contributed by atoms with Crippen molar-refractivity contribution in [3.63, 3.8) is 0 Å². The van der Waals surface area contributed by atoms with E-state index >= 15 is 0 Å². The molecule has 0 atom stereocenters. The maximum absolute atomic E-state index is 13.5. The monoisotopic (exact) mass is 414 g/mol. The van der Waals surface area contributed by atoms with E-state index in [1.165, 1.54) is 24.5 Å². The van der Waals surface area contributed by atoms with E-state index in [-0.39, 0.29) is 11.4 Å². The third-order valence-electron chi connectivity index (χ3n) is 5.56. The maximum Gasteiger partial charge on any atom is 0.256 e. The number of halogens is 1. The van der Waals surface area contributed by atoms with Gasteiger partial charge in [-0.1, -0.05) is 24.3 Å². The standard InChI is InChI=1S/C25H23FN4O/c26-19-6-3-15(4-7-19)23-14-30-25(31)24-21-10-16(18(12-28)13-29)5-8-20(21)17(2-1-9-27)11-22(23)24/h3-8,10-14,28H,1-2,9,27,29H2,(H,30,31)/b18-13+,28-12?. The molecule has 0 aliphatic heterocycles. The van der Waals surface area contributed by atoms with Gasteiger partial charge in [-0.25, -0.2) is 4.39 Å². The Morgan fingerprint density at radius 3 is 2.52 bits per heavy atom. The number of allylic oxidation sites excluding steroid dienone is 1. The second-order valence-corrected chi connectivity index (χ2v) is 7.42. The van der Waals surface area contributed by atoms with Gasteiger partial charge in [0.05, 0.1) is 5.39 Å². The highest BCUT2D eigenvalue weighted by atomic mass is 19.1. The van der Waals surface area contributed by atoms with Gasteiger partial charge in [0.2, 0.25) is 0 Å². The first-order valence-corrected chi connectivity index (χ1v) is 10.1. The first kappa shape index (κ1) is 20.5. The summed E-state index contributed by atoms with van der Waals surface area (Å²) in [5.41, 5.74) is 15.3. The zero-order valence-electron chi connectivity index (χ0n) is 16.9. The number of aromatic nitrogens is 1. The molecular weight excluding hydrogens is 391 g/mol. The van der Waals surface area contributed by atoms with Crippen LogP contribution in [0.25, 0.3) is 38.2 Å². The molecule has 0 aliphatic carbocycles. The fourth-order valence-corrected chi connectivity index (χ4v) is 4.02. The number of rotatable bonds is 6. The SMILES string of the molecule is N=C/C(=C\N)c1ccc2c(CCCN)cc3c(-c4ccc(F)cc4)c[nH]c(=O)c3c2c1. The lowest BCUT2D eigenvalue weighted by molar-refractivity contribution is 0.628. The Morgan fingerprint density at radius 1 is 1.06 bits per heavy atom. The highest BCUT2D eigenvalue weighted by molar-refractivity contribution is 6.15. The van der Waals surface area contributed by atoms with Gasteiger partial charge in [0.1, 0.15) is 5.82 Å². The second-order valence-electron chi connectivity index (χ2n) is 7.42. The zero-order valence-corrected chi connectivity index (χ0v) is 16.9. The number of benzene rings is 3. The smallest absolute Gasteiger partial charge is 0.256 e. The first-order valence-electron chi connectivity index (χ1n) is 10.1. The summed E-state index contributed by atoms with van der Waals surface area (Å²) >= 11 is 0. The van der Waals surface area contributed by atoms with Gasteiger partial charge in [0, 0.05) is 29.7 Å². The second kappa shape index (κ2) is 8.53. The maximum atomic E-state index is 13.5. The largest absolute Gasteiger partial charge is 0.404 e. The van der Waals surface area contributed by atoms with E-state index < -0.39 is 0 Å². The van der Waals surface area contributed by atoms with Crippen LogP contribution in [0.15, 0.2) is 65.7 Å². The first-order chi connectivity index (χ1) is 15.1. The molecule has 0 spiro atoms. The predicted molar refractivity (Wildman–Crippen MR) is 126 cm³/mol. The number of nitrogens with two attached hydrogens (primary N) is 2. The number of H-pyrrole nitrogens is 1. The molecule has 31 heavy (non-hydrogen) atoms. The predicted octanol–water partition coefficient (Wildman–Crippen LogP) is 4.33. The lowest BCUT2D eigenvalue weighted by atomic mass is 9.90. The van der Waals surface area contributed by atoms with Crippen LogP contribution >= 0.6 is 0 Å². The van der Waals surface area contributed by atoms with Crippen LogP contribution < -0.4 is 17.0 Å². The molecule has 1 heterocycles. The number of hydrogen-bond donors (Lipinski definition) is 4. The molecule has 5 nitrogen and oxygen atoms in total. The van der Waals surface area contributed by atoms with Crippen molar-refractivity contribution >= 4 is 33.3 Å². The average molecular weight is 414 g/mol. The van der Waals surface area contributed by atoms with Crippen molar-refractivity contribution in [3.8, 4) is 11.1 Å². The number of nitrogens with one attached hydrogen (secondary N) is 2. The van der Waals surface area contributed by atoms with Crippen molar-refractivity contribution in [3.05, 3.63) is 88.2 Å². The van der Waals surface area contributed by atoms with E-state index in [1.807, 2.05) is 24.3 Å². The third-order valence-corrected chi connectivity index (χ3v) is 5.56. The molecular formula is C25H23FN4O. The van der Waals surface area contributed by atoms with Crippen molar-refractivity contribution in [1.82, 2.24) is 4.98 Å². The average Bonchev–Trinajstić information content (AvgIpc) is 2.79. The van der Waals surface area contributed by atoms with Crippen molar-refractivity contribution in [2.75, 3.05) is 6.54 Å². The Kier molecular flexibility index (Phi) is 5.64.